The van der Waals surface area contributed by atoms with E-state index in [4.69, 9.17) is 12.2 Å². The van der Waals surface area contributed by atoms with Gasteiger partial charge < -0.3 is 4.98 Å². The smallest absolute Gasteiger partial charge is 0.130 e. The molecule has 3 heteroatoms. The summed E-state index contributed by atoms with van der Waals surface area (Å²) in [7, 11) is 0. The van der Waals surface area contributed by atoms with Crippen LogP contribution in [0.3, 0.4) is 0 Å². The van der Waals surface area contributed by atoms with Crippen molar-refractivity contribution in [2.45, 2.75) is 31.6 Å². The normalized spacial score (nSPS) is 16.0. The highest BCUT2D eigenvalue weighted by Crippen LogP contribution is 2.32. The molecule has 1 heterocycles. The van der Waals surface area contributed by atoms with Crippen LogP contribution in [0.5, 0.6) is 0 Å². The molecule has 2 nitrogen and oxygen atoms in total. The lowest BCUT2D eigenvalue weighted by molar-refractivity contribution is 0.667. The van der Waals surface area contributed by atoms with Crippen molar-refractivity contribution in [3.8, 4) is 11.3 Å². The van der Waals surface area contributed by atoms with Crippen molar-refractivity contribution in [2.24, 2.45) is 0 Å². The highest BCUT2D eigenvalue weighted by Gasteiger charge is 2.19. The second kappa shape index (κ2) is 5.02. The van der Waals surface area contributed by atoms with Crippen molar-refractivity contribution < 1.29 is 0 Å². The molecule has 0 bridgehead atoms. The first-order valence-corrected chi connectivity index (χ1v) is 6.90. The van der Waals surface area contributed by atoms with Gasteiger partial charge in [-0.05, 0) is 24.5 Å². The summed E-state index contributed by atoms with van der Waals surface area (Å²) >= 11 is 5.29. The summed E-state index contributed by atoms with van der Waals surface area (Å²) in [5.74, 6) is 1.63. The largest absolute Gasteiger partial charge is 0.343 e. The Labute approximate surface area is 112 Å². The van der Waals surface area contributed by atoms with Gasteiger partial charge in [0.2, 0.25) is 0 Å². The third kappa shape index (κ3) is 2.36. The van der Waals surface area contributed by atoms with Crippen LogP contribution in [0, 0.1) is 4.64 Å². The van der Waals surface area contributed by atoms with E-state index >= 15 is 0 Å². The third-order valence-electron chi connectivity index (χ3n) is 3.59. The molecule has 2 aromatic rings. The van der Waals surface area contributed by atoms with Gasteiger partial charge in [0.05, 0.1) is 0 Å². The number of nitrogens with zero attached hydrogens (tertiary/aromatic N) is 1. The predicted octanol–water partition coefficient (Wildman–Crippen LogP) is 4.46. The molecule has 0 saturated heterocycles. The quantitative estimate of drug-likeness (QED) is 0.803. The van der Waals surface area contributed by atoms with E-state index in [1.165, 1.54) is 31.2 Å². The fourth-order valence-electron chi connectivity index (χ4n) is 2.64. The van der Waals surface area contributed by atoms with E-state index in [1.807, 2.05) is 24.3 Å². The minimum Gasteiger partial charge on any atom is -0.343 e. The van der Waals surface area contributed by atoms with E-state index in [1.54, 1.807) is 0 Å². The predicted molar refractivity (Wildman–Crippen MR) is 76.1 cm³/mol. The van der Waals surface area contributed by atoms with Crippen molar-refractivity contribution in [2.75, 3.05) is 0 Å². The first-order chi connectivity index (χ1) is 8.83. The molecule has 92 valence electrons. The van der Waals surface area contributed by atoms with Crippen LogP contribution in [0.25, 0.3) is 11.3 Å². The van der Waals surface area contributed by atoms with Crippen LogP contribution in [0.2, 0.25) is 0 Å². The number of nitrogens with one attached hydrogen (secondary N) is 1. The zero-order valence-electron chi connectivity index (χ0n) is 10.2. The van der Waals surface area contributed by atoms with E-state index in [0.717, 1.165) is 11.5 Å². The molecule has 1 aromatic heterocycles. The lowest BCUT2D eigenvalue weighted by Crippen LogP contribution is -2.02. The first-order valence-electron chi connectivity index (χ1n) is 6.49. The van der Waals surface area contributed by atoms with Crippen LogP contribution in [0.15, 0.2) is 36.4 Å². The lowest BCUT2D eigenvalue weighted by Gasteiger charge is -2.11. The van der Waals surface area contributed by atoms with E-state index < -0.39 is 0 Å². The highest BCUT2D eigenvalue weighted by atomic mass is 32.1. The molecule has 0 aliphatic heterocycles. The monoisotopic (exact) mass is 256 g/mol. The minimum atomic E-state index is 0.565. The molecule has 0 atom stereocenters. The molecule has 1 aliphatic carbocycles. The van der Waals surface area contributed by atoms with E-state index in [-0.39, 0.29) is 0 Å². The summed E-state index contributed by atoms with van der Waals surface area (Å²) in [6.45, 7) is 0. The average molecular weight is 256 g/mol. The molecule has 1 aromatic carbocycles. The maximum atomic E-state index is 5.29. The molecule has 18 heavy (non-hydrogen) atoms. The summed E-state index contributed by atoms with van der Waals surface area (Å²) in [6, 6.07) is 12.3. The summed E-state index contributed by atoms with van der Waals surface area (Å²) < 4.78 is 0.689. The van der Waals surface area contributed by atoms with E-state index in [2.05, 4.69) is 22.1 Å². The molecule has 0 radical (unpaired) electrons. The number of benzene rings is 1. The van der Waals surface area contributed by atoms with E-state index in [9.17, 15) is 0 Å². The van der Waals surface area contributed by atoms with Crippen molar-refractivity contribution in [1.29, 1.82) is 0 Å². The average Bonchev–Trinajstić information content (AvgIpc) is 2.93. The molecule has 1 fully saturated rings. The van der Waals surface area contributed by atoms with Gasteiger partial charge in [0.25, 0.3) is 0 Å². The summed E-state index contributed by atoms with van der Waals surface area (Å²) in [5, 5.41) is 0. The summed E-state index contributed by atoms with van der Waals surface area (Å²) in [4.78, 5) is 7.97. The second-order valence-corrected chi connectivity index (χ2v) is 5.28. The van der Waals surface area contributed by atoms with Gasteiger partial charge >= 0.3 is 0 Å². The Hall–Kier alpha value is -1.48. The Bertz CT molecular complexity index is 583. The van der Waals surface area contributed by atoms with Crippen LogP contribution in [-0.4, -0.2) is 9.97 Å². The second-order valence-electron chi connectivity index (χ2n) is 4.87. The maximum Gasteiger partial charge on any atom is 0.130 e. The van der Waals surface area contributed by atoms with Crippen molar-refractivity contribution in [3.05, 3.63) is 46.9 Å². The van der Waals surface area contributed by atoms with Gasteiger partial charge in [-0.1, -0.05) is 55.4 Å². The van der Waals surface area contributed by atoms with Crippen LogP contribution < -0.4 is 0 Å². The molecule has 0 unspecified atom stereocenters. The van der Waals surface area contributed by atoms with Gasteiger partial charge in [0, 0.05) is 11.6 Å². The van der Waals surface area contributed by atoms with Gasteiger partial charge in [0.15, 0.2) is 0 Å². The van der Waals surface area contributed by atoms with Crippen molar-refractivity contribution in [1.82, 2.24) is 9.97 Å². The Kier molecular flexibility index (Phi) is 3.24. The molecular formula is C15H16N2S. The van der Waals surface area contributed by atoms with Gasteiger partial charge in [-0.25, -0.2) is 4.98 Å². The standard InChI is InChI=1S/C15H16N2S/c18-14-10-13(11-6-2-1-3-7-11)16-15(17-14)12-8-4-5-9-12/h1-3,6-7,10,12H,4-5,8-9H2,(H,16,17,18). The third-order valence-corrected chi connectivity index (χ3v) is 3.80. The molecule has 1 saturated carbocycles. The molecule has 0 spiro atoms. The Balaban J connectivity index is 2.03. The number of hydrogen-bond acceptors (Lipinski definition) is 2. The highest BCUT2D eigenvalue weighted by molar-refractivity contribution is 7.71. The zero-order chi connectivity index (χ0) is 12.4. The zero-order valence-corrected chi connectivity index (χ0v) is 11.0. The fraction of sp³-hybridized carbons (Fsp3) is 0.333. The number of aromatic amines is 1. The molecule has 0 amide bonds. The summed E-state index contributed by atoms with van der Waals surface area (Å²) in [5.41, 5.74) is 2.25. The van der Waals surface area contributed by atoms with Crippen molar-refractivity contribution >= 4 is 12.2 Å². The fourth-order valence-corrected chi connectivity index (χ4v) is 2.86. The molecule has 1 aliphatic rings. The maximum absolute atomic E-state index is 5.29. The number of H-pyrrole nitrogens is 1. The lowest BCUT2D eigenvalue weighted by atomic mass is 10.1. The van der Waals surface area contributed by atoms with Gasteiger partial charge in [0.1, 0.15) is 10.5 Å². The first kappa shape index (κ1) is 11.6. The molecule has 3 rings (SSSR count). The minimum absolute atomic E-state index is 0.565. The van der Waals surface area contributed by atoms with E-state index in [0.29, 0.717) is 10.6 Å². The van der Waals surface area contributed by atoms with Gasteiger partial charge in [-0.15, -0.1) is 0 Å². The van der Waals surface area contributed by atoms with Crippen LogP contribution >= 0.6 is 12.2 Å². The van der Waals surface area contributed by atoms with Gasteiger partial charge in [-0.3, -0.25) is 0 Å². The topological polar surface area (TPSA) is 28.7 Å². The number of rotatable bonds is 2. The SMILES string of the molecule is S=c1cc(-c2ccccc2)[nH]c(C2CCCC2)n1. The number of hydrogen-bond donors (Lipinski definition) is 1. The Morgan fingerprint density at radius 1 is 1.11 bits per heavy atom. The Morgan fingerprint density at radius 2 is 1.83 bits per heavy atom. The summed E-state index contributed by atoms with van der Waals surface area (Å²) in [6.07, 6.45) is 5.08. The molecular weight excluding hydrogens is 240 g/mol. The molecule has 1 N–H and O–H groups in total. The van der Waals surface area contributed by atoms with Crippen LogP contribution in [0.1, 0.15) is 37.4 Å². The van der Waals surface area contributed by atoms with Crippen LogP contribution in [-0.2, 0) is 0 Å². The van der Waals surface area contributed by atoms with Gasteiger partial charge in [-0.2, -0.15) is 0 Å². The Morgan fingerprint density at radius 3 is 2.56 bits per heavy atom. The van der Waals surface area contributed by atoms with Crippen LogP contribution in [0.4, 0.5) is 0 Å². The number of aromatic nitrogens is 2. The van der Waals surface area contributed by atoms with Crippen molar-refractivity contribution in [3.63, 3.8) is 0 Å².